The van der Waals surface area contributed by atoms with E-state index >= 15 is 0 Å². The molecule has 2 rings (SSSR count). The van der Waals surface area contributed by atoms with Crippen molar-refractivity contribution in [3.05, 3.63) is 0 Å². The number of hydrogen-bond acceptors (Lipinski definition) is 3. The maximum atomic E-state index is 11.5. The van der Waals surface area contributed by atoms with Gasteiger partial charge < -0.3 is 14.8 Å². The van der Waals surface area contributed by atoms with Crippen LogP contribution in [0.2, 0.25) is 0 Å². The van der Waals surface area contributed by atoms with Gasteiger partial charge in [0.25, 0.3) is 0 Å². The van der Waals surface area contributed by atoms with Gasteiger partial charge in [0.2, 0.25) is 0 Å². The Morgan fingerprint density at radius 2 is 2.11 bits per heavy atom. The molecular formula is C14H25NO3. The van der Waals surface area contributed by atoms with Gasteiger partial charge in [-0.25, -0.2) is 4.79 Å². The lowest BCUT2D eigenvalue weighted by Crippen LogP contribution is -2.33. The first kappa shape index (κ1) is 13.7. The van der Waals surface area contributed by atoms with Crippen molar-refractivity contribution in [3.63, 3.8) is 0 Å². The van der Waals surface area contributed by atoms with Crippen LogP contribution < -0.4 is 5.32 Å². The van der Waals surface area contributed by atoms with Crippen molar-refractivity contribution in [1.82, 2.24) is 5.32 Å². The second kappa shape index (κ2) is 5.08. The van der Waals surface area contributed by atoms with E-state index in [1.807, 2.05) is 20.8 Å². The first-order valence-corrected chi connectivity index (χ1v) is 6.93. The van der Waals surface area contributed by atoms with E-state index in [0.29, 0.717) is 17.9 Å². The van der Waals surface area contributed by atoms with Gasteiger partial charge in [0.1, 0.15) is 5.60 Å². The highest BCUT2D eigenvalue weighted by Gasteiger charge is 2.41. The summed E-state index contributed by atoms with van der Waals surface area (Å²) in [5, 5.41) is 2.86. The smallest absolute Gasteiger partial charge is 0.407 e. The highest BCUT2D eigenvalue weighted by molar-refractivity contribution is 5.67. The predicted molar refractivity (Wildman–Crippen MR) is 69.4 cm³/mol. The molecule has 4 atom stereocenters. The summed E-state index contributed by atoms with van der Waals surface area (Å²) in [6.45, 7) is 9.58. The number of epoxide rings is 1. The molecule has 18 heavy (non-hydrogen) atoms. The fourth-order valence-electron chi connectivity index (χ4n) is 2.39. The zero-order chi connectivity index (χ0) is 13.3. The Bertz CT molecular complexity index is 307. The summed E-state index contributed by atoms with van der Waals surface area (Å²) >= 11 is 0. The number of ether oxygens (including phenoxy) is 2. The SMILES string of the molecule is CC(CC1CC1CNC(=O)OC(C)(C)C)C1CO1. The lowest BCUT2D eigenvalue weighted by atomic mass is 10.0. The van der Waals surface area contributed by atoms with Crippen molar-refractivity contribution in [1.29, 1.82) is 0 Å². The highest BCUT2D eigenvalue weighted by Crippen LogP contribution is 2.44. The Morgan fingerprint density at radius 1 is 1.44 bits per heavy atom. The molecular weight excluding hydrogens is 230 g/mol. The monoisotopic (exact) mass is 255 g/mol. The summed E-state index contributed by atoms with van der Waals surface area (Å²) in [6.07, 6.45) is 2.66. The third-order valence-corrected chi connectivity index (χ3v) is 3.64. The van der Waals surface area contributed by atoms with Gasteiger partial charge in [0, 0.05) is 6.54 Å². The van der Waals surface area contributed by atoms with E-state index < -0.39 is 5.60 Å². The van der Waals surface area contributed by atoms with Gasteiger partial charge in [-0.05, 0) is 51.4 Å². The molecule has 4 unspecified atom stereocenters. The van der Waals surface area contributed by atoms with Crippen LogP contribution in [0.5, 0.6) is 0 Å². The van der Waals surface area contributed by atoms with Crippen LogP contribution in [0, 0.1) is 17.8 Å². The normalized spacial score (nSPS) is 31.7. The number of carbonyl (C=O) groups excluding carboxylic acids is 1. The van der Waals surface area contributed by atoms with Gasteiger partial charge in [-0.15, -0.1) is 0 Å². The number of amides is 1. The largest absolute Gasteiger partial charge is 0.444 e. The molecule has 2 fully saturated rings. The van der Waals surface area contributed by atoms with Crippen LogP contribution >= 0.6 is 0 Å². The summed E-state index contributed by atoms with van der Waals surface area (Å²) in [7, 11) is 0. The summed E-state index contributed by atoms with van der Waals surface area (Å²) in [6, 6.07) is 0. The van der Waals surface area contributed by atoms with Crippen LogP contribution in [0.25, 0.3) is 0 Å². The molecule has 0 aromatic heterocycles. The second-order valence-electron chi connectivity index (χ2n) is 6.72. The van der Waals surface area contributed by atoms with E-state index in [9.17, 15) is 4.79 Å². The van der Waals surface area contributed by atoms with Crippen LogP contribution in [0.3, 0.4) is 0 Å². The minimum atomic E-state index is -0.412. The van der Waals surface area contributed by atoms with Gasteiger partial charge in [0.05, 0.1) is 12.7 Å². The number of carbonyl (C=O) groups is 1. The quantitative estimate of drug-likeness (QED) is 0.768. The van der Waals surface area contributed by atoms with Crippen LogP contribution in [0.4, 0.5) is 4.79 Å². The van der Waals surface area contributed by atoms with Crippen LogP contribution in [0.1, 0.15) is 40.5 Å². The van der Waals surface area contributed by atoms with Crippen molar-refractivity contribution in [3.8, 4) is 0 Å². The van der Waals surface area contributed by atoms with Crippen molar-refractivity contribution in [2.75, 3.05) is 13.2 Å². The third-order valence-electron chi connectivity index (χ3n) is 3.64. The Labute approximate surface area is 109 Å². The van der Waals surface area contributed by atoms with Gasteiger partial charge in [-0.3, -0.25) is 0 Å². The lowest BCUT2D eigenvalue weighted by Gasteiger charge is -2.19. The zero-order valence-corrected chi connectivity index (χ0v) is 11.9. The van der Waals surface area contributed by atoms with Crippen molar-refractivity contribution in [2.45, 2.75) is 52.2 Å². The van der Waals surface area contributed by atoms with Crippen molar-refractivity contribution < 1.29 is 14.3 Å². The molecule has 1 amide bonds. The van der Waals surface area contributed by atoms with Crippen LogP contribution in [0.15, 0.2) is 0 Å². The molecule has 2 aliphatic rings. The maximum absolute atomic E-state index is 11.5. The van der Waals surface area contributed by atoms with Crippen LogP contribution in [-0.2, 0) is 9.47 Å². The van der Waals surface area contributed by atoms with E-state index in [0.717, 1.165) is 19.1 Å². The van der Waals surface area contributed by atoms with E-state index in [2.05, 4.69) is 12.2 Å². The molecule has 0 bridgehead atoms. The average molecular weight is 255 g/mol. The molecule has 1 N–H and O–H groups in total. The standard InChI is InChI=1S/C14H25NO3/c1-9(12-8-17-12)5-10-6-11(10)7-15-13(16)18-14(2,3)4/h9-12H,5-8H2,1-4H3,(H,15,16). The van der Waals surface area contributed by atoms with E-state index in [1.54, 1.807) is 0 Å². The summed E-state index contributed by atoms with van der Waals surface area (Å²) in [5.41, 5.74) is -0.412. The molecule has 1 aliphatic carbocycles. The first-order valence-electron chi connectivity index (χ1n) is 6.93. The molecule has 1 saturated heterocycles. The topological polar surface area (TPSA) is 50.9 Å². The van der Waals surface area contributed by atoms with E-state index in [1.165, 1.54) is 12.8 Å². The highest BCUT2D eigenvalue weighted by atomic mass is 16.6. The number of nitrogens with one attached hydrogen (secondary N) is 1. The van der Waals surface area contributed by atoms with E-state index in [-0.39, 0.29) is 6.09 Å². The molecule has 104 valence electrons. The Hall–Kier alpha value is -0.770. The minimum Gasteiger partial charge on any atom is -0.444 e. The molecule has 0 spiro atoms. The summed E-state index contributed by atoms with van der Waals surface area (Å²) < 4.78 is 10.5. The Balaban J connectivity index is 1.57. The van der Waals surface area contributed by atoms with Gasteiger partial charge in [-0.2, -0.15) is 0 Å². The van der Waals surface area contributed by atoms with Crippen molar-refractivity contribution in [2.24, 2.45) is 17.8 Å². The molecule has 0 aromatic carbocycles. The van der Waals surface area contributed by atoms with Gasteiger partial charge in [-0.1, -0.05) is 6.92 Å². The molecule has 1 saturated carbocycles. The Kier molecular flexibility index (Phi) is 3.85. The fraction of sp³-hybridized carbons (Fsp3) is 0.929. The molecule has 1 heterocycles. The van der Waals surface area contributed by atoms with Gasteiger partial charge in [0.15, 0.2) is 0 Å². The van der Waals surface area contributed by atoms with E-state index in [4.69, 9.17) is 9.47 Å². The molecule has 0 radical (unpaired) electrons. The molecule has 0 aromatic rings. The van der Waals surface area contributed by atoms with Crippen molar-refractivity contribution >= 4 is 6.09 Å². The number of rotatable bonds is 5. The predicted octanol–water partition coefficient (Wildman–Crippen LogP) is 2.57. The molecule has 4 nitrogen and oxygen atoms in total. The molecule has 4 heteroatoms. The second-order valence-corrected chi connectivity index (χ2v) is 6.72. The Morgan fingerprint density at radius 3 is 2.67 bits per heavy atom. The zero-order valence-electron chi connectivity index (χ0n) is 11.9. The molecule has 1 aliphatic heterocycles. The maximum Gasteiger partial charge on any atom is 0.407 e. The summed E-state index contributed by atoms with van der Waals surface area (Å²) in [5.74, 6) is 2.07. The minimum absolute atomic E-state index is 0.299. The van der Waals surface area contributed by atoms with Gasteiger partial charge >= 0.3 is 6.09 Å². The van der Waals surface area contributed by atoms with Crippen LogP contribution in [-0.4, -0.2) is 30.9 Å². The number of hydrogen-bond donors (Lipinski definition) is 1. The first-order chi connectivity index (χ1) is 8.35. The summed E-state index contributed by atoms with van der Waals surface area (Å²) in [4.78, 5) is 11.5. The number of alkyl carbamates (subject to hydrolysis) is 1. The third kappa shape index (κ3) is 4.48. The lowest BCUT2D eigenvalue weighted by molar-refractivity contribution is 0.0524. The average Bonchev–Trinajstić information content (AvgIpc) is 3.08. The fourth-order valence-corrected chi connectivity index (χ4v) is 2.39.